The molecule has 0 fully saturated rings. The third kappa shape index (κ3) is 3.73. The second-order valence-corrected chi connectivity index (χ2v) is 8.15. The molecule has 0 radical (unpaired) electrons. The summed E-state index contributed by atoms with van der Waals surface area (Å²) in [6.07, 6.45) is 0. The molecule has 0 spiro atoms. The minimum absolute atomic E-state index is 0.150. The molecule has 0 N–H and O–H groups in total. The highest BCUT2D eigenvalue weighted by molar-refractivity contribution is 8.04. The first-order valence-electron chi connectivity index (χ1n) is 8.45. The van der Waals surface area contributed by atoms with E-state index in [2.05, 4.69) is 0 Å². The lowest BCUT2D eigenvalue weighted by atomic mass is 10.1. The fourth-order valence-corrected chi connectivity index (χ4v) is 3.80. The smallest absolute Gasteiger partial charge is 0.268 e. The van der Waals surface area contributed by atoms with E-state index in [-0.39, 0.29) is 29.4 Å². The second-order valence-electron chi connectivity index (χ2n) is 6.56. The van der Waals surface area contributed by atoms with Crippen molar-refractivity contribution in [2.75, 3.05) is 0 Å². The summed E-state index contributed by atoms with van der Waals surface area (Å²) < 4.78 is 13.3. The standard InChI is InChI=1S/C21H20FNO2S/c1-13(2)26-19-18(16-8-10-17(22)11-9-16)20(24)23(21(19)25)12-15-6-4-14(3)5-7-15/h4-11,13H,12H2,1-3H3. The van der Waals surface area contributed by atoms with Crippen molar-refractivity contribution >= 4 is 29.1 Å². The van der Waals surface area contributed by atoms with E-state index in [4.69, 9.17) is 0 Å². The minimum atomic E-state index is -0.374. The van der Waals surface area contributed by atoms with E-state index < -0.39 is 0 Å². The molecule has 1 heterocycles. The van der Waals surface area contributed by atoms with Crippen molar-refractivity contribution in [3.8, 4) is 0 Å². The molecular weight excluding hydrogens is 349 g/mol. The SMILES string of the molecule is Cc1ccc(CN2C(=O)C(SC(C)C)=C(c3ccc(F)cc3)C2=O)cc1. The second kappa shape index (κ2) is 7.46. The number of benzene rings is 2. The molecule has 0 bridgehead atoms. The topological polar surface area (TPSA) is 37.4 Å². The summed E-state index contributed by atoms with van der Waals surface area (Å²) in [5.74, 6) is -0.986. The van der Waals surface area contributed by atoms with Gasteiger partial charge in [-0.1, -0.05) is 55.8 Å². The van der Waals surface area contributed by atoms with E-state index in [1.54, 1.807) is 12.1 Å². The zero-order chi connectivity index (χ0) is 18.8. The maximum atomic E-state index is 13.3. The zero-order valence-corrected chi connectivity index (χ0v) is 15.8. The van der Waals surface area contributed by atoms with Crippen LogP contribution in [0.25, 0.3) is 5.57 Å². The number of amides is 2. The summed E-state index contributed by atoms with van der Waals surface area (Å²) in [7, 11) is 0. The molecule has 0 atom stereocenters. The molecule has 1 aliphatic rings. The van der Waals surface area contributed by atoms with E-state index in [9.17, 15) is 14.0 Å². The lowest BCUT2D eigenvalue weighted by Gasteiger charge is -2.15. The van der Waals surface area contributed by atoms with Crippen LogP contribution in [0.3, 0.4) is 0 Å². The maximum Gasteiger partial charge on any atom is 0.268 e. The molecule has 0 saturated carbocycles. The van der Waals surface area contributed by atoms with E-state index in [0.717, 1.165) is 11.1 Å². The minimum Gasteiger partial charge on any atom is -0.269 e. The van der Waals surface area contributed by atoms with Crippen LogP contribution in [0.5, 0.6) is 0 Å². The highest BCUT2D eigenvalue weighted by atomic mass is 32.2. The molecule has 2 aromatic rings. The number of carbonyl (C=O) groups excluding carboxylic acids is 2. The number of hydrogen-bond acceptors (Lipinski definition) is 3. The van der Waals surface area contributed by atoms with Gasteiger partial charge in [-0.15, -0.1) is 11.8 Å². The first-order chi connectivity index (χ1) is 12.4. The monoisotopic (exact) mass is 369 g/mol. The lowest BCUT2D eigenvalue weighted by Crippen LogP contribution is -2.31. The highest BCUT2D eigenvalue weighted by Crippen LogP contribution is 2.38. The van der Waals surface area contributed by atoms with Gasteiger partial charge in [0, 0.05) is 5.25 Å². The van der Waals surface area contributed by atoms with Crippen LogP contribution in [-0.2, 0) is 16.1 Å². The normalized spacial score (nSPS) is 14.7. The maximum absolute atomic E-state index is 13.3. The van der Waals surface area contributed by atoms with E-state index in [0.29, 0.717) is 16.0 Å². The van der Waals surface area contributed by atoms with E-state index in [1.807, 2.05) is 45.0 Å². The third-order valence-electron chi connectivity index (χ3n) is 4.07. The predicted octanol–water partition coefficient (Wildman–Crippen LogP) is 4.56. The Labute approximate surface area is 156 Å². The predicted molar refractivity (Wildman–Crippen MR) is 103 cm³/mol. The Kier molecular flexibility index (Phi) is 5.28. The molecule has 5 heteroatoms. The van der Waals surface area contributed by atoms with Crippen LogP contribution in [0.1, 0.15) is 30.5 Å². The van der Waals surface area contributed by atoms with E-state index in [1.165, 1.54) is 28.8 Å². The van der Waals surface area contributed by atoms with Gasteiger partial charge in [-0.3, -0.25) is 14.5 Å². The Morgan fingerprint density at radius 2 is 1.58 bits per heavy atom. The number of imide groups is 1. The van der Waals surface area contributed by atoms with Crippen LogP contribution in [0, 0.1) is 12.7 Å². The van der Waals surface area contributed by atoms with Crippen LogP contribution in [0.2, 0.25) is 0 Å². The quantitative estimate of drug-likeness (QED) is 0.725. The van der Waals surface area contributed by atoms with Gasteiger partial charge in [-0.25, -0.2) is 4.39 Å². The lowest BCUT2D eigenvalue weighted by molar-refractivity contribution is -0.137. The van der Waals surface area contributed by atoms with Gasteiger partial charge in [-0.2, -0.15) is 0 Å². The number of halogens is 1. The van der Waals surface area contributed by atoms with E-state index >= 15 is 0 Å². The summed E-state index contributed by atoms with van der Waals surface area (Å²) in [6.45, 7) is 6.16. The molecule has 3 nitrogen and oxygen atoms in total. The van der Waals surface area contributed by atoms with Gasteiger partial charge in [0.1, 0.15) is 5.82 Å². The fraction of sp³-hybridized carbons (Fsp3) is 0.238. The molecule has 1 aliphatic heterocycles. The molecular formula is C21H20FNO2S. The van der Waals surface area contributed by atoms with Gasteiger partial charge < -0.3 is 0 Å². The average molecular weight is 369 g/mol. The van der Waals surface area contributed by atoms with Crippen LogP contribution < -0.4 is 0 Å². The van der Waals surface area contributed by atoms with Crippen molar-refractivity contribution in [3.63, 3.8) is 0 Å². The Hall–Kier alpha value is -2.40. The van der Waals surface area contributed by atoms with Crippen molar-refractivity contribution in [2.45, 2.75) is 32.6 Å². The van der Waals surface area contributed by atoms with Crippen LogP contribution in [-0.4, -0.2) is 22.0 Å². The summed E-state index contributed by atoms with van der Waals surface area (Å²) in [6, 6.07) is 13.5. The molecule has 0 aliphatic carbocycles. The van der Waals surface area contributed by atoms with Crippen LogP contribution in [0.15, 0.2) is 53.4 Å². The van der Waals surface area contributed by atoms with Crippen LogP contribution >= 0.6 is 11.8 Å². The largest absolute Gasteiger partial charge is 0.269 e. The van der Waals surface area contributed by atoms with Gasteiger partial charge in [0.05, 0.1) is 17.0 Å². The van der Waals surface area contributed by atoms with Crippen LogP contribution in [0.4, 0.5) is 4.39 Å². The number of thioether (sulfide) groups is 1. The molecule has 2 aromatic carbocycles. The molecule has 0 unspecified atom stereocenters. The van der Waals surface area contributed by atoms with Gasteiger partial charge in [-0.05, 0) is 30.2 Å². The molecule has 0 aromatic heterocycles. The molecule has 0 saturated heterocycles. The van der Waals surface area contributed by atoms with Crippen molar-refractivity contribution in [2.24, 2.45) is 0 Å². The number of carbonyl (C=O) groups is 2. The summed E-state index contributed by atoms with van der Waals surface area (Å²) in [5.41, 5.74) is 2.95. The Bertz CT molecular complexity index is 870. The molecule has 2 amide bonds. The first-order valence-corrected chi connectivity index (χ1v) is 9.33. The Morgan fingerprint density at radius 1 is 0.962 bits per heavy atom. The third-order valence-corrected chi connectivity index (χ3v) is 5.16. The van der Waals surface area contributed by atoms with Gasteiger partial charge in [0.25, 0.3) is 11.8 Å². The zero-order valence-electron chi connectivity index (χ0n) is 15.0. The highest BCUT2D eigenvalue weighted by Gasteiger charge is 2.39. The molecule has 3 rings (SSSR count). The molecule has 26 heavy (non-hydrogen) atoms. The van der Waals surface area contributed by atoms with Crippen molar-refractivity contribution in [3.05, 3.63) is 75.9 Å². The number of rotatable bonds is 5. The van der Waals surface area contributed by atoms with Gasteiger partial charge in [0.2, 0.25) is 0 Å². The first kappa shape index (κ1) is 18.4. The number of nitrogens with zero attached hydrogens (tertiary/aromatic N) is 1. The summed E-state index contributed by atoms with van der Waals surface area (Å²) in [4.78, 5) is 27.6. The van der Waals surface area contributed by atoms with Crippen molar-refractivity contribution in [1.82, 2.24) is 4.90 Å². The summed E-state index contributed by atoms with van der Waals surface area (Å²) >= 11 is 1.37. The summed E-state index contributed by atoms with van der Waals surface area (Å²) in [5, 5.41) is 0.150. The number of hydrogen-bond donors (Lipinski definition) is 0. The van der Waals surface area contributed by atoms with Crippen molar-refractivity contribution < 1.29 is 14.0 Å². The van der Waals surface area contributed by atoms with Gasteiger partial charge in [0.15, 0.2) is 0 Å². The van der Waals surface area contributed by atoms with Crippen molar-refractivity contribution in [1.29, 1.82) is 0 Å². The average Bonchev–Trinajstić information content (AvgIpc) is 2.82. The van der Waals surface area contributed by atoms with Gasteiger partial charge >= 0.3 is 0 Å². The molecule has 134 valence electrons. The Balaban J connectivity index is 1.97. The number of aryl methyl sites for hydroxylation is 1. The fourth-order valence-electron chi connectivity index (χ4n) is 2.79. The Morgan fingerprint density at radius 3 is 2.15 bits per heavy atom.